The van der Waals surface area contributed by atoms with Crippen molar-refractivity contribution in [3.63, 3.8) is 0 Å². The van der Waals surface area contributed by atoms with Crippen molar-refractivity contribution in [1.82, 2.24) is 24.6 Å². The van der Waals surface area contributed by atoms with Gasteiger partial charge in [-0.3, -0.25) is 14.6 Å². The van der Waals surface area contributed by atoms with Crippen LogP contribution in [0.5, 0.6) is 0 Å². The first kappa shape index (κ1) is 14.8. The molecule has 1 aliphatic rings. The van der Waals surface area contributed by atoms with Gasteiger partial charge < -0.3 is 4.90 Å². The Balaban J connectivity index is 1.35. The Morgan fingerprint density at radius 3 is 2.50 bits per heavy atom. The highest BCUT2D eigenvalue weighted by Crippen LogP contribution is 2.16. The van der Waals surface area contributed by atoms with Gasteiger partial charge in [0.2, 0.25) is 0 Å². The van der Waals surface area contributed by atoms with Crippen molar-refractivity contribution in [1.29, 1.82) is 0 Å². The standard InChI is InChI=1S/C18H20N6/c1-2-4-16(5-3-1)17-6-9-24(21-17)15-22-10-12-23(13-11-22)18-14-19-7-8-20-18/h1-9,14H,10-13,15H2. The van der Waals surface area contributed by atoms with Gasteiger partial charge in [-0.05, 0) is 6.07 Å². The summed E-state index contributed by atoms with van der Waals surface area (Å²) in [5.41, 5.74) is 2.18. The van der Waals surface area contributed by atoms with Crippen LogP contribution in [0.3, 0.4) is 0 Å². The normalized spacial score (nSPS) is 15.6. The zero-order valence-electron chi connectivity index (χ0n) is 13.5. The predicted molar refractivity (Wildman–Crippen MR) is 93.5 cm³/mol. The van der Waals surface area contributed by atoms with Gasteiger partial charge in [0.25, 0.3) is 0 Å². The zero-order valence-corrected chi connectivity index (χ0v) is 13.5. The van der Waals surface area contributed by atoms with Crippen LogP contribution < -0.4 is 4.90 Å². The molecule has 0 unspecified atom stereocenters. The Morgan fingerprint density at radius 1 is 0.917 bits per heavy atom. The van der Waals surface area contributed by atoms with Crippen LogP contribution in [0.1, 0.15) is 0 Å². The molecule has 0 bridgehead atoms. The number of nitrogens with zero attached hydrogens (tertiary/aromatic N) is 6. The van der Waals surface area contributed by atoms with Crippen molar-refractivity contribution in [2.45, 2.75) is 6.67 Å². The number of benzene rings is 1. The molecule has 6 nitrogen and oxygen atoms in total. The second-order valence-corrected chi connectivity index (χ2v) is 5.92. The third kappa shape index (κ3) is 3.28. The van der Waals surface area contributed by atoms with Crippen molar-refractivity contribution in [3.05, 3.63) is 61.2 Å². The fraction of sp³-hybridized carbons (Fsp3) is 0.278. The highest BCUT2D eigenvalue weighted by atomic mass is 15.4. The van der Waals surface area contributed by atoms with E-state index in [2.05, 4.69) is 44.2 Å². The van der Waals surface area contributed by atoms with Crippen LogP contribution >= 0.6 is 0 Å². The summed E-state index contributed by atoms with van der Waals surface area (Å²) < 4.78 is 2.01. The second kappa shape index (κ2) is 6.80. The molecule has 3 heterocycles. The summed E-state index contributed by atoms with van der Waals surface area (Å²) in [6.07, 6.45) is 7.34. The van der Waals surface area contributed by atoms with E-state index in [9.17, 15) is 0 Å². The molecular formula is C18H20N6. The SMILES string of the molecule is c1ccc(-c2ccn(CN3CCN(c4cnccn4)CC3)n2)cc1. The second-order valence-electron chi connectivity index (χ2n) is 5.92. The van der Waals surface area contributed by atoms with Crippen molar-refractivity contribution >= 4 is 5.82 Å². The number of hydrogen-bond acceptors (Lipinski definition) is 5. The third-order valence-corrected chi connectivity index (χ3v) is 4.30. The Morgan fingerprint density at radius 2 is 1.75 bits per heavy atom. The summed E-state index contributed by atoms with van der Waals surface area (Å²) in [6.45, 7) is 4.74. The van der Waals surface area contributed by atoms with Gasteiger partial charge in [0.05, 0.1) is 18.6 Å². The lowest BCUT2D eigenvalue weighted by atomic mass is 10.2. The van der Waals surface area contributed by atoms with Crippen LogP contribution in [0.15, 0.2) is 61.2 Å². The molecule has 0 N–H and O–H groups in total. The van der Waals surface area contributed by atoms with E-state index < -0.39 is 0 Å². The first-order valence-electron chi connectivity index (χ1n) is 8.21. The van der Waals surface area contributed by atoms with Crippen molar-refractivity contribution in [3.8, 4) is 11.3 Å². The monoisotopic (exact) mass is 320 g/mol. The topological polar surface area (TPSA) is 50.1 Å². The van der Waals surface area contributed by atoms with E-state index in [0.717, 1.165) is 49.9 Å². The van der Waals surface area contributed by atoms with Gasteiger partial charge in [-0.1, -0.05) is 30.3 Å². The number of aromatic nitrogens is 4. The van der Waals surface area contributed by atoms with E-state index in [1.165, 1.54) is 0 Å². The fourth-order valence-corrected chi connectivity index (χ4v) is 2.98. The molecule has 0 spiro atoms. The fourth-order valence-electron chi connectivity index (χ4n) is 2.98. The van der Waals surface area contributed by atoms with E-state index in [0.29, 0.717) is 0 Å². The maximum atomic E-state index is 4.69. The highest BCUT2D eigenvalue weighted by molar-refractivity contribution is 5.57. The smallest absolute Gasteiger partial charge is 0.147 e. The van der Waals surface area contributed by atoms with E-state index in [-0.39, 0.29) is 0 Å². The molecule has 0 saturated carbocycles. The molecule has 4 rings (SSSR count). The minimum Gasteiger partial charge on any atom is -0.353 e. The van der Waals surface area contributed by atoms with E-state index in [1.807, 2.05) is 29.1 Å². The summed E-state index contributed by atoms with van der Waals surface area (Å²) in [6, 6.07) is 12.4. The average molecular weight is 320 g/mol. The first-order chi connectivity index (χ1) is 11.9. The quantitative estimate of drug-likeness (QED) is 0.737. The van der Waals surface area contributed by atoms with Gasteiger partial charge in [0, 0.05) is 50.3 Å². The summed E-state index contributed by atoms with van der Waals surface area (Å²) in [5.74, 6) is 0.961. The van der Waals surface area contributed by atoms with E-state index >= 15 is 0 Å². The lowest BCUT2D eigenvalue weighted by Crippen LogP contribution is -2.47. The van der Waals surface area contributed by atoms with Crippen LogP contribution in [0, 0.1) is 0 Å². The molecule has 1 aliphatic heterocycles. The Kier molecular flexibility index (Phi) is 4.20. The Labute approximate surface area is 141 Å². The van der Waals surface area contributed by atoms with Crippen LogP contribution in [-0.4, -0.2) is 50.8 Å². The van der Waals surface area contributed by atoms with Gasteiger partial charge in [-0.15, -0.1) is 0 Å². The minimum absolute atomic E-state index is 0.821. The van der Waals surface area contributed by atoms with Gasteiger partial charge in [-0.25, -0.2) is 4.98 Å². The van der Waals surface area contributed by atoms with Gasteiger partial charge in [0.1, 0.15) is 5.82 Å². The van der Waals surface area contributed by atoms with Gasteiger partial charge in [-0.2, -0.15) is 5.10 Å². The molecule has 24 heavy (non-hydrogen) atoms. The largest absolute Gasteiger partial charge is 0.353 e. The highest BCUT2D eigenvalue weighted by Gasteiger charge is 2.18. The van der Waals surface area contributed by atoms with Crippen molar-refractivity contribution < 1.29 is 0 Å². The molecule has 0 aliphatic carbocycles. The molecule has 1 fully saturated rings. The maximum absolute atomic E-state index is 4.69. The number of rotatable bonds is 4. The van der Waals surface area contributed by atoms with Crippen molar-refractivity contribution in [2.75, 3.05) is 31.1 Å². The molecule has 1 aromatic carbocycles. The van der Waals surface area contributed by atoms with Crippen molar-refractivity contribution in [2.24, 2.45) is 0 Å². The summed E-state index contributed by atoms with van der Waals surface area (Å²) in [5, 5.41) is 4.69. The number of piperazine rings is 1. The third-order valence-electron chi connectivity index (χ3n) is 4.30. The molecule has 0 amide bonds. The Bertz CT molecular complexity index is 762. The molecule has 0 radical (unpaired) electrons. The molecule has 2 aromatic heterocycles. The summed E-state index contributed by atoms with van der Waals surface area (Å²) in [7, 11) is 0. The lowest BCUT2D eigenvalue weighted by molar-refractivity contribution is 0.196. The summed E-state index contributed by atoms with van der Waals surface area (Å²) >= 11 is 0. The number of anilines is 1. The zero-order chi connectivity index (χ0) is 16.2. The van der Waals surface area contributed by atoms with E-state index in [4.69, 9.17) is 5.10 Å². The summed E-state index contributed by atoms with van der Waals surface area (Å²) in [4.78, 5) is 13.2. The van der Waals surface area contributed by atoms with E-state index in [1.54, 1.807) is 12.4 Å². The van der Waals surface area contributed by atoms with Crippen LogP contribution in [0.2, 0.25) is 0 Å². The van der Waals surface area contributed by atoms with Crippen LogP contribution in [0.25, 0.3) is 11.3 Å². The minimum atomic E-state index is 0.821. The van der Waals surface area contributed by atoms with Gasteiger partial charge >= 0.3 is 0 Å². The molecule has 6 heteroatoms. The molecular weight excluding hydrogens is 300 g/mol. The molecule has 0 atom stereocenters. The lowest BCUT2D eigenvalue weighted by Gasteiger charge is -2.34. The molecule has 1 saturated heterocycles. The van der Waals surface area contributed by atoms with Gasteiger partial charge in [0.15, 0.2) is 0 Å². The average Bonchev–Trinajstić information content (AvgIpc) is 3.12. The Hall–Kier alpha value is -2.73. The van der Waals surface area contributed by atoms with Crippen LogP contribution in [-0.2, 0) is 6.67 Å². The van der Waals surface area contributed by atoms with Crippen LogP contribution in [0.4, 0.5) is 5.82 Å². The predicted octanol–water partition coefficient (Wildman–Crippen LogP) is 2.12. The first-order valence-corrected chi connectivity index (χ1v) is 8.21. The maximum Gasteiger partial charge on any atom is 0.147 e. The molecule has 3 aromatic rings. The number of hydrogen-bond donors (Lipinski definition) is 0. The molecule has 122 valence electrons.